The molecule has 0 atom stereocenters. The van der Waals surface area contributed by atoms with Gasteiger partial charge in [0.05, 0.1) is 0 Å². The Bertz CT molecular complexity index is 2760. The zero-order chi connectivity index (χ0) is 48.9. The Hall–Kier alpha value is -5.59. The van der Waals surface area contributed by atoms with Crippen molar-refractivity contribution >= 4 is 17.8 Å². The van der Waals surface area contributed by atoms with Gasteiger partial charge in [0.2, 0.25) is 0 Å². The van der Waals surface area contributed by atoms with E-state index in [1.165, 1.54) is 122 Å². The Labute approximate surface area is 472 Å². The zero-order valence-electron chi connectivity index (χ0n) is 41.4. The molecule has 356 valence electrons. The number of fused-ring (bicyclic) bond motifs is 6. The van der Waals surface area contributed by atoms with Crippen molar-refractivity contribution in [1.29, 1.82) is 0 Å². The summed E-state index contributed by atoms with van der Waals surface area (Å²) in [5, 5.41) is 0. The van der Waals surface area contributed by atoms with Crippen molar-refractivity contribution in [2.24, 2.45) is 0 Å². The van der Waals surface area contributed by atoms with Crippen molar-refractivity contribution in [2.45, 2.75) is 25.7 Å². The molecule has 6 heteroatoms. The van der Waals surface area contributed by atoms with E-state index in [4.69, 9.17) is 0 Å². The van der Waals surface area contributed by atoms with E-state index in [2.05, 4.69) is 269 Å². The van der Waals surface area contributed by atoms with Crippen molar-refractivity contribution in [3.63, 3.8) is 0 Å². The molecule has 0 amide bonds. The summed E-state index contributed by atoms with van der Waals surface area (Å²) in [5.41, 5.74) is 18.6. The molecule has 0 fully saturated rings. The van der Waals surface area contributed by atoms with Crippen LogP contribution in [0.25, 0.3) is 22.3 Å². The average Bonchev–Trinajstić information content (AvgIpc) is 4.29. The molecular weight excluding hydrogens is 1070 g/mol. The molecule has 0 heterocycles. The Morgan fingerprint density at radius 3 is 0.944 bits per heavy atom. The normalized spacial score (nSPS) is 11.7. The maximum absolute atomic E-state index is 3.50. The van der Waals surface area contributed by atoms with E-state index in [-0.39, 0.29) is 24.8 Å². The minimum atomic E-state index is 0. The summed E-state index contributed by atoms with van der Waals surface area (Å²) in [6.07, 6.45) is 22.0. The summed E-state index contributed by atoms with van der Waals surface area (Å²) >= 11 is 2.92. The van der Waals surface area contributed by atoms with Gasteiger partial charge in [0.15, 0.2) is 0 Å². The molecule has 0 saturated carbocycles. The summed E-state index contributed by atoms with van der Waals surface area (Å²) < 4.78 is 2.83. The Morgan fingerprint density at radius 1 is 0.375 bits per heavy atom. The summed E-state index contributed by atoms with van der Waals surface area (Å²) in [6, 6.07) is 75.2. The van der Waals surface area contributed by atoms with Crippen LogP contribution in [0.15, 0.2) is 231 Å². The Kier molecular flexibility index (Phi) is 24.2. The number of benzene rings is 8. The van der Waals surface area contributed by atoms with Gasteiger partial charge in [-0.2, -0.15) is 36.4 Å². The molecule has 12 rings (SSSR count). The standard InChI is InChI=1S/2C15H14N.2C13H10.2C5H5.2ClH.2Zr/c2*1-16(2)13-7-8-15-12(10-13)9-11-5-3-4-6-14(11)15;2*1-3-7-12(8-4-1)11-13-9-5-2-6-10-13;2*1-2-4-5-3-1;;;;/h2*3-8H,9H2,1-2H3;2*1-10H;2*1-3H,4H2;2*1H;;/q2*-1;;;2*-1;;;2*+2/p-2. The number of anilines is 2. The first kappa shape index (κ1) is 57.3. The number of nitrogens with zero attached hydrogens (tertiary/aromatic N) is 2. The molecule has 0 radical (unpaired) electrons. The maximum atomic E-state index is 3.50. The van der Waals surface area contributed by atoms with E-state index in [1.807, 2.05) is 24.3 Å². The van der Waals surface area contributed by atoms with Crippen molar-refractivity contribution < 1.29 is 73.3 Å². The third kappa shape index (κ3) is 16.7. The first-order valence-corrected chi connectivity index (χ1v) is 26.2. The minimum absolute atomic E-state index is 0. The molecule has 0 bridgehead atoms. The second-order valence-electron chi connectivity index (χ2n) is 17.1. The second kappa shape index (κ2) is 30.4. The van der Waals surface area contributed by atoms with Crippen LogP contribution in [-0.2, 0) is 61.3 Å². The van der Waals surface area contributed by atoms with Gasteiger partial charge in [0.1, 0.15) is 0 Å². The van der Waals surface area contributed by atoms with Crippen LogP contribution in [0.4, 0.5) is 11.4 Å². The third-order valence-corrected chi connectivity index (χ3v) is 14.6. The van der Waals surface area contributed by atoms with Crippen molar-refractivity contribution in [3.05, 3.63) is 299 Å². The monoisotopic (exact) mass is 1130 g/mol. The molecule has 0 N–H and O–H groups in total. The molecule has 8 aromatic rings. The van der Waals surface area contributed by atoms with E-state index in [9.17, 15) is 0 Å². The molecule has 2 nitrogen and oxygen atoms in total. The number of hydrogen-bond donors (Lipinski definition) is 0. The average molecular weight is 1130 g/mol. The molecule has 0 aliphatic heterocycles. The van der Waals surface area contributed by atoms with Crippen LogP contribution in [-0.4, -0.2) is 34.6 Å². The van der Waals surface area contributed by atoms with Crippen molar-refractivity contribution in [1.82, 2.24) is 0 Å². The Morgan fingerprint density at radius 2 is 0.681 bits per heavy atom. The molecule has 72 heavy (non-hydrogen) atoms. The fraction of sp³-hybridized carbons (Fsp3) is 0.121. The van der Waals surface area contributed by atoms with Crippen LogP contribution >= 0.6 is 0 Å². The van der Waals surface area contributed by atoms with E-state index in [0.29, 0.717) is 0 Å². The Balaban J connectivity index is 0.000000166. The van der Waals surface area contributed by atoms with E-state index in [0.717, 1.165) is 37.1 Å². The SMILES string of the molecule is CN(C)c1[c-]c2c(cc1)-c1ccccc1C2.CN(C)c1[c-]c2c(cc1)-c1ccccc1C2.[C-]1=CC=CC1.[C-]1=CC=CC1.[Cl-].[Cl-].[Zr+2]=[C](c1ccccc1)c1ccccc1.[Zr+2]=[C](c1ccccc1)c1ccccc1. The molecule has 8 aromatic carbocycles. The van der Waals surface area contributed by atoms with Crippen LogP contribution in [0.2, 0.25) is 0 Å². The number of allylic oxidation sites excluding steroid dienone is 8. The van der Waals surface area contributed by atoms with Gasteiger partial charge in [-0.1, -0.05) is 82.2 Å². The van der Waals surface area contributed by atoms with E-state index < -0.39 is 0 Å². The van der Waals surface area contributed by atoms with Gasteiger partial charge in [-0.05, 0) is 12.8 Å². The summed E-state index contributed by atoms with van der Waals surface area (Å²) in [5.74, 6) is 0. The summed E-state index contributed by atoms with van der Waals surface area (Å²) in [7, 11) is 8.22. The van der Waals surface area contributed by atoms with Gasteiger partial charge in [0, 0.05) is 28.2 Å². The molecule has 0 saturated heterocycles. The van der Waals surface area contributed by atoms with E-state index in [1.54, 1.807) is 0 Å². The topological polar surface area (TPSA) is 6.48 Å². The van der Waals surface area contributed by atoms with Gasteiger partial charge < -0.3 is 34.6 Å². The predicted octanol–water partition coefficient (Wildman–Crippen LogP) is 8.47. The van der Waals surface area contributed by atoms with Gasteiger partial charge >= 0.3 is 198 Å². The third-order valence-electron chi connectivity index (χ3n) is 11.8. The van der Waals surface area contributed by atoms with Crippen molar-refractivity contribution in [2.75, 3.05) is 38.0 Å². The van der Waals surface area contributed by atoms with Gasteiger partial charge in [-0.25, -0.2) is 24.3 Å². The van der Waals surface area contributed by atoms with Crippen LogP contribution < -0.4 is 34.6 Å². The molecule has 0 spiro atoms. The van der Waals surface area contributed by atoms with Crippen LogP contribution in [0.3, 0.4) is 0 Å². The van der Waals surface area contributed by atoms with Crippen LogP contribution in [0.5, 0.6) is 0 Å². The van der Waals surface area contributed by atoms with Crippen molar-refractivity contribution in [3.8, 4) is 22.3 Å². The van der Waals surface area contributed by atoms with Gasteiger partial charge in [-0.15, -0.1) is 47.2 Å². The van der Waals surface area contributed by atoms with Crippen LogP contribution in [0.1, 0.15) is 57.3 Å². The molecular formula is C66H58Cl2N2Zr2-2. The van der Waals surface area contributed by atoms with Crippen LogP contribution in [0, 0.1) is 24.3 Å². The van der Waals surface area contributed by atoms with E-state index >= 15 is 0 Å². The van der Waals surface area contributed by atoms with Gasteiger partial charge in [-0.3, -0.25) is 12.2 Å². The number of halogens is 2. The first-order valence-electron chi connectivity index (χ1n) is 23.7. The molecule has 0 aromatic heterocycles. The first-order chi connectivity index (χ1) is 34.3. The fourth-order valence-corrected chi connectivity index (χ4v) is 9.69. The zero-order valence-corrected chi connectivity index (χ0v) is 47.8. The summed E-state index contributed by atoms with van der Waals surface area (Å²) in [4.78, 5) is 4.20. The molecule has 0 unspecified atom stereocenters. The molecule has 4 aliphatic carbocycles. The van der Waals surface area contributed by atoms with Gasteiger partial charge in [0.25, 0.3) is 0 Å². The number of rotatable bonds is 6. The summed E-state index contributed by atoms with van der Waals surface area (Å²) in [6.45, 7) is 0. The number of hydrogen-bond acceptors (Lipinski definition) is 2. The fourth-order valence-electron chi connectivity index (χ4n) is 8.05. The quantitative estimate of drug-likeness (QED) is 0.155. The predicted molar refractivity (Wildman–Crippen MR) is 291 cm³/mol. The second-order valence-corrected chi connectivity index (χ2v) is 19.6. The molecule has 4 aliphatic rings.